The van der Waals surface area contributed by atoms with Crippen molar-refractivity contribution in [2.75, 3.05) is 20.3 Å². The standard InChI is InChI=1S/C23H26N2O4S/c1-3-29-18-12-11-15(14-19(18)28-2)21(25-13-7-6-9-17(25)23(26)27)22-24-16-8-4-5-10-20(16)30-22/h4-5,8,10-12,14,17,21H,3,6-7,9,13H2,1-2H3,(H,26,27). The molecule has 2 heterocycles. The average Bonchev–Trinajstić information content (AvgIpc) is 3.19. The Morgan fingerprint density at radius 3 is 2.83 bits per heavy atom. The Kier molecular flexibility index (Phi) is 6.20. The largest absolute Gasteiger partial charge is 0.493 e. The number of aliphatic carboxylic acids is 1. The lowest BCUT2D eigenvalue weighted by atomic mass is 9.96. The van der Waals surface area contributed by atoms with Crippen molar-refractivity contribution in [2.45, 2.75) is 38.3 Å². The molecule has 0 aliphatic carbocycles. The molecule has 158 valence electrons. The molecule has 1 fully saturated rings. The van der Waals surface area contributed by atoms with Gasteiger partial charge in [-0.15, -0.1) is 11.3 Å². The number of likely N-dealkylation sites (tertiary alicyclic amines) is 1. The molecular formula is C23H26N2O4S. The lowest BCUT2D eigenvalue weighted by Crippen LogP contribution is -2.46. The second kappa shape index (κ2) is 9.02. The number of carboxylic acid groups (broad SMARTS) is 1. The first-order chi connectivity index (χ1) is 14.6. The quantitative estimate of drug-likeness (QED) is 0.589. The predicted octanol–water partition coefficient (Wildman–Crippen LogP) is 4.73. The summed E-state index contributed by atoms with van der Waals surface area (Å²) < 4.78 is 12.3. The molecule has 2 aromatic carbocycles. The molecule has 0 bridgehead atoms. The first-order valence-electron chi connectivity index (χ1n) is 10.3. The maximum atomic E-state index is 12.1. The van der Waals surface area contributed by atoms with Crippen molar-refractivity contribution in [1.82, 2.24) is 9.88 Å². The zero-order chi connectivity index (χ0) is 21.1. The number of methoxy groups -OCH3 is 1. The van der Waals surface area contributed by atoms with Crippen LogP contribution in [0.1, 0.15) is 42.8 Å². The minimum atomic E-state index is -0.779. The average molecular weight is 427 g/mol. The smallest absolute Gasteiger partial charge is 0.320 e. The number of hydrogen-bond acceptors (Lipinski definition) is 6. The Morgan fingerprint density at radius 1 is 1.27 bits per heavy atom. The minimum Gasteiger partial charge on any atom is -0.493 e. The Balaban J connectivity index is 1.84. The molecule has 1 aromatic heterocycles. The van der Waals surface area contributed by atoms with E-state index in [1.54, 1.807) is 18.4 Å². The summed E-state index contributed by atoms with van der Waals surface area (Å²) in [5.41, 5.74) is 1.90. The van der Waals surface area contributed by atoms with Gasteiger partial charge in [0.2, 0.25) is 0 Å². The summed E-state index contributed by atoms with van der Waals surface area (Å²) in [5, 5.41) is 10.8. The van der Waals surface area contributed by atoms with Gasteiger partial charge in [-0.1, -0.05) is 24.6 Å². The van der Waals surface area contributed by atoms with Crippen molar-refractivity contribution >= 4 is 27.5 Å². The van der Waals surface area contributed by atoms with Gasteiger partial charge in [0, 0.05) is 6.54 Å². The maximum absolute atomic E-state index is 12.1. The van der Waals surface area contributed by atoms with E-state index < -0.39 is 12.0 Å². The Labute approximate surface area is 180 Å². The summed E-state index contributed by atoms with van der Waals surface area (Å²) in [5.74, 6) is 0.545. The molecule has 0 radical (unpaired) electrons. The topological polar surface area (TPSA) is 71.9 Å². The van der Waals surface area contributed by atoms with Gasteiger partial charge in [-0.05, 0) is 49.6 Å². The molecule has 2 atom stereocenters. The second-order valence-corrected chi connectivity index (χ2v) is 8.42. The van der Waals surface area contributed by atoms with Gasteiger partial charge in [0.1, 0.15) is 11.0 Å². The van der Waals surface area contributed by atoms with Crippen LogP contribution in [0.5, 0.6) is 11.5 Å². The number of para-hydroxylation sites is 1. The number of carbonyl (C=O) groups is 1. The number of rotatable bonds is 7. The second-order valence-electron chi connectivity index (χ2n) is 7.35. The SMILES string of the molecule is CCOc1ccc(C(c2nc3ccccc3s2)N2CCCCC2C(=O)O)cc1OC. The van der Waals surface area contributed by atoms with E-state index in [9.17, 15) is 9.90 Å². The third-order valence-electron chi connectivity index (χ3n) is 5.51. The van der Waals surface area contributed by atoms with E-state index in [0.717, 1.165) is 33.6 Å². The molecule has 1 aliphatic heterocycles. The molecule has 6 nitrogen and oxygen atoms in total. The highest BCUT2D eigenvalue weighted by Crippen LogP contribution is 2.40. The number of fused-ring (bicyclic) bond motifs is 1. The highest BCUT2D eigenvalue weighted by atomic mass is 32.1. The van der Waals surface area contributed by atoms with Crippen LogP contribution in [-0.4, -0.2) is 47.3 Å². The lowest BCUT2D eigenvalue weighted by molar-refractivity contribution is -0.145. The first-order valence-corrected chi connectivity index (χ1v) is 11.1. The molecule has 4 rings (SSSR count). The van der Waals surface area contributed by atoms with E-state index in [0.29, 0.717) is 31.1 Å². The minimum absolute atomic E-state index is 0.256. The van der Waals surface area contributed by atoms with E-state index in [1.165, 1.54) is 0 Å². The van der Waals surface area contributed by atoms with E-state index >= 15 is 0 Å². The van der Waals surface area contributed by atoms with E-state index in [2.05, 4.69) is 11.0 Å². The van der Waals surface area contributed by atoms with Crippen molar-refractivity contribution in [3.8, 4) is 11.5 Å². The molecule has 0 spiro atoms. The summed E-state index contributed by atoms with van der Waals surface area (Å²) in [6.45, 7) is 3.19. The van der Waals surface area contributed by atoms with Gasteiger partial charge < -0.3 is 14.6 Å². The number of ether oxygens (including phenoxy) is 2. The molecular weight excluding hydrogens is 400 g/mol. The number of piperidine rings is 1. The molecule has 1 N–H and O–H groups in total. The molecule has 0 saturated carbocycles. The van der Waals surface area contributed by atoms with Crippen molar-refractivity contribution in [3.05, 3.63) is 53.0 Å². The van der Waals surface area contributed by atoms with Crippen LogP contribution >= 0.6 is 11.3 Å². The number of nitrogens with zero attached hydrogens (tertiary/aromatic N) is 2. The Bertz CT molecular complexity index is 1000. The summed E-state index contributed by atoms with van der Waals surface area (Å²) in [7, 11) is 1.62. The molecule has 0 amide bonds. The van der Waals surface area contributed by atoms with Crippen molar-refractivity contribution < 1.29 is 19.4 Å². The van der Waals surface area contributed by atoms with Crippen LogP contribution in [0.15, 0.2) is 42.5 Å². The summed E-state index contributed by atoms with van der Waals surface area (Å²) >= 11 is 1.62. The van der Waals surface area contributed by atoms with Gasteiger partial charge in [0.05, 0.1) is 30.0 Å². The van der Waals surface area contributed by atoms with Crippen LogP contribution in [0.3, 0.4) is 0 Å². The lowest BCUT2D eigenvalue weighted by Gasteiger charge is -2.38. The zero-order valence-electron chi connectivity index (χ0n) is 17.2. The fraction of sp³-hybridized carbons (Fsp3) is 0.391. The highest BCUT2D eigenvalue weighted by molar-refractivity contribution is 7.18. The molecule has 1 saturated heterocycles. The predicted molar refractivity (Wildman–Crippen MR) is 118 cm³/mol. The van der Waals surface area contributed by atoms with E-state index in [1.807, 2.05) is 43.3 Å². The monoisotopic (exact) mass is 426 g/mol. The molecule has 1 aliphatic rings. The molecule has 3 aromatic rings. The highest BCUT2D eigenvalue weighted by Gasteiger charge is 2.37. The zero-order valence-corrected chi connectivity index (χ0v) is 18.0. The summed E-state index contributed by atoms with van der Waals surface area (Å²) in [6.07, 6.45) is 2.54. The van der Waals surface area contributed by atoms with Crippen molar-refractivity contribution in [2.24, 2.45) is 0 Å². The molecule has 7 heteroatoms. The number of benzene rings is 2. The van der Waals surface area contributed by atoms with Crippen LogP contribution in [0.2, 0.25) is 0 Å². The van der Waals surface area contributed by atoms with Crippen LogP contribution in [0, 0.1) is 0 Å². The van der Waals surface area contributed by atoms with Crippen LogP contribution in [0.4, 0.5) is 0 Å². The number of aromatic nitrogens is 1. The Morgan fingerprint density at radius 2 is 2.10 bits per heavy atom. The first kappa shape index (κ1) is 20.6. The van der Waals surface area contributed by atoms with Gasteiger partial charge in [-0.3, -0.25) is 9.69 Å². The number of carboxylic acids is 1. The van der Waals surface area contributed by atoms with Crippen LogP contribution in [-0.2, 0) is 4.79 Å². The third kappa shape index (κ3) is 4.00. The van der Waals surface area contributed by atoms with Gasteiger partial charge >= 0.3 is 5.97 Å². The van der Waals surface area contributed by atoms with E-state index in [4.69, 9.17) is 14.5 Å². The number of hydrogen-bond donors (Lipinski definition) is 1. The Hall–Kier alpha value is -2.64. The summed E-state index contributed by atoms with van der Waals surface area (Å²) in [4.78, 5) is 19.0. The van der Waals surface area contributed by atoms with E-state index in [-0.39, 0.29) is 6.04 Å². The fourth-order valence-electron chi connectivity index (χ4n) is 4.14. The van der Waals surface area contributed by atoms with Gasteiger partial charge in [0.25, 0.3) is 0 Å². The third-order valence-corrected chi connectivity index (χ3v) is 6.60. The van der Waals surface area contributed by atoms with Crippen molar-refractivity contribution in [1.29, 1.82) is 0 Å². The molecule has 30 heavy (non-hydrogen) atoms. The van der Waals surface area contributed by atoms with Crippen LogP contribution in [0.25, 0.3) is 10.2 Å². The fourth-order valence-corrected chi connectivity index (χ4v) is 5.26. The van der Waals surface area contributed by atoms with Crippen molar-refractivity contribution in [3.63, 3.8) is 0 Å². The molecule has 2 unspecified atom stereocenters. The van der Waals surface area contributed by atoms with Gasteiger partial charge in [-0.25, -0.2) is 4.98 Å². The normalized spacial score (nSPS) is 18.3. The van der Waals surface area contributed by atoms with Gasteiger partial charge in [0.15, 0.2) is 11.5 Å². The number of thiazole rings is 1. The van der Waals surface area contributed by atoms with Gasteiger partial charge in [-0.2, -0.15) is 0 Å². The summed E-state index contributed by atoms with van der Waals surface area (Å²) in [6, 6.07) is 13.1. The van der Waals surface area contributed by atoms with Crippen LogP contribution < -0.4 is 9.47 Å². The maximum Gasteiger partial charge on any atom is 0.320 e.